The van der Waals surface area contributed by atoms with Gasteiger partial charge < -0.3 is 5.32 Å². The summed E-state index contributed by atoms with van der Waals surface area (Å²) < 4.78 is 0. The molecule has 108 valence electrons. The maximum atomic E-state index is 3.42. The lowest BCUT2D eigenvalue weighted by atomic mass is 9.62. The smallest absolute Gasteiger partial charge is 0.00208 e. The first-order valence-corrected chi connectivity index (χ1v) is 8.08. The van der Waals surface area contributed by atoms with Crippen LogP contribution in [0.15, 0.2) is 0 Å². The summed E-state index contributed by atoms with van der Waals surface area (Å²) in [6, 6.07) is 0. The van der Waals surface area contributed by atoms with Gasteiger partial charge in [0.2, 0.25) is 0 Å². The Balaban J connectivity index is 2.75. The van der Waals surface area contributed by atoms with E-state index in [1.165, 1.54) is 38.6 Å². The van der Waals surface area contributed by atoms with E-state index in [9.17, 15) is 0 Å². The summed E-state index contributed by atoms with van der Waals surface area (Å²) >= 11 is 0. The number of hydrogen-bond acceptors (Lipinski definition) is 1. The van der Waals surface area contributed by atoms with Crippen LogP contribution in [0.25, 0.3) is 0 Å². The highest BCUT2D eigenvalue weighted by atomic mass is 14.8. The first kappa shape index (κ1) is 16.0. The van der Waals surface area contributed by atoms with Gasteiger partial charge >= 0.3 is 0 Å². The maximum Gasteiger partial charge on any atom is -0.00208 e. The van der Waals surface area contributed by atoms with Gasteiger partial charge in [-0.05, 0) is 61.9 Å². The summed E-state index contributed by atoms with van der Waals surface area (Å²) in [5, 5.41) is 3.42. The topological polar surface area (TPSA) is 12.0 Å². The molecule has 3 atom stereocenters. The third-order valence-electron chi connectivity index (χ3n) is 5.39. The average molecular weight is 253 g/mol. The summed E-state index contributed by atoms with van der Waals surface area (Å²) in [4.78, 5) is 0. The van der Waals surface area contributed by atoms with E-state index in [4.69, 9.17) is 0 Å². The Kier molecular flexibility index (Phi) is 6.17. The standard InChI is InChI=1S/C17H35N/c1-7-13(8-2)16-11-15(17(3,4)5)10-9-14(16)12-18-6/h13-16,18H,7-12H2,1-6H3. The van der Waals surface area contributed by atoms with Crippen LogP contribution in [-0.4, -0.2) is 13.6 Å². The highest BCUT2D eigenvalue weighted by molar-refractivity contribution is 4.88. The van der Waals surface area contributed by atoms with Crippen molar-refractivity contribution in [2.45, 2.75) is 66.7 Å². The zero-order valence-electron chi connectivity index (χ0n) is 13.6. The molecular formula is C17H35N. The van der Waals surface area contributed by atoms with E-state index >= 15 is 0 Å². The molecule has 1 aliphatic rings. The normalized spacial score (nSPS) is 29.8. The third kappa shape index (κ3) is 3.98. The van der Waals surface area contributed by atoms with Gasteiger partial charge in [0.25, 0.3) is 0 Å². The molecule has 18 heavy (non-hydrogen) atoms. The minimum absolute atomic E-state index is 0.495. The van der Waals surface area contributed by atoms with Crippen molar-refractivity contribution in [3.8, 4) is 0 Å². The quantitative estimate of drug-likeness (QED) is 0.747. The fourth-order valence-electron chi connectivity index (χ4n) is 4.04. The summed E-state index contributed by atoms with van der Waals surface area (Å²) in [6.45, 7) is 13.3. The first-order chi connectivity index (χ1) is 8.43. The van der Waals surface area contributed by atoms with Gasteiger partial charge in [0.05, 0.1) is 0 Å². The van der Waals surface area contributed by atoms with Gasteiger partial charge in [-0.25, -0.2) is 0 Å². The second-order valence-corrected chi connectivity index (χ2v) is 7.43. The van der Waals surface area contributed by atoms with Crippen LogP contribution >= 0.6 is 0 Å². The fourth-order valence-corrected chi connectivity index (χ4v) is 4.04. The maximum absolute atomic E-state index is 3.42. The lowest BCUT2D eigenvalue weighted by molar-refractivity contribution is 0.0613. The molecule has 0 aliphatic heterocycles. The summed E-state index contributed by atoms with van der Waals surface area (Å²) in [6.07, 6.45) is 7.05. The van der Waals surface area contributed by atoms with Crippen molar-refractivity contribution in [1.29, 1.82) is 0 Å². The van der Waals surface area contributed by atoms with Gasteiger partial charge in [-0.15, -0.1) is 0 Å². The fraction of sp³-hybridized carbons (Fsp3) is 1.00. The molecule has 1 rings (SSSR count). The van der Waals surface area contributed by atoms with Gasteiger partial charge in [0, 0.05) is 0 Å². The summed E-state index contributed by atoms with van der Waals surface area (Å²) in [5.74, 6) is 3.73. The van der Waals surface area contributed by atoms with Gasteiger partial charge in [0.1, 0.15) is 0 Å². The van der Waals surface area contributed by atoms with E-state index in [2.05, 4.69) is 47.0 Å². The third-order valence-corrected chi connectivity index (χ3v) is 5.39. The summed E-state index contributed by atoms with van der Waals surface area (Å²) in [7, 11) is 2.11. The highest BCUT2D eigenvalue weighted by Gasteiger charge is 2.37. The van der Waals surface area contributed by atoms with Crippen LogP contribution in [0, 0.1) is 29.1 Å². The van der Waals surface area contributed by atoms with Crippen molar-refractivity contribution < 1.29 is 0 Å². The van der Waals surface area contributed by atoms with E-state index in [1.807, 2.05) is 0 Å². The highest BCUT2D eigenvalue weighted by Crippen LogP contribution is 2.46. The molecule has 1 fully saturated rings. The van der Waals surface area contributed by atoms with Crippen molar-refractivity contribution >= 4 is 0 Å². The van der Waals surface area contributed by atoms with E-state index in [0.29, 0.717) is 5.41 Å². The minimum atomic E-state index is 0.495. The Morgan fingerprint density at radius 1 is 1.11 bits per heavy atom. The molecule has 0 spiro atoms. The molecule has 0 aromatic carbocycles. The largest absolute Gasteiger partial charge is 0.319 e. The molecule has 0 amide bonds. The molecule has 0 saturated heterocycles. The van der Waals surface area contributed by atoms with Crippen molar-refractivity contribution in [3.63, 3.8) is 0 Å². The molecule has 0 aromatic heterocycles. The van der Waals surface area contributed by atoms with Gasteiger partial charge in [0.15, 0.2) is 0 Å². The Bertz CT molecular complexity index is 224. The Hall–Kier alpha value is -0.0400. The van der Waals surface area contributed by atoms with Crippen molar-refractivity contribution in [2.24, 2.45) is 29.1 Å². The van der Waals surface area contributed by atoms with Crippen LogP contribution < -0.4 is 5.32 Å². The van der Waals surface area contributed by atoms with Crippen LogP contribution in [0.1, 0.15) is 66.7 Å². The zero-order chi connectivity index (χ0) is 13.8. The Morgan fingerprint density at radius 2 is 1.72 bits per heavy atom. The van der Waals surface area contributed by atoms with Crippen LogP contribution in [0.2, 0.25) is 0 Å². The minimum Gasteiger partial charge on any atom is -0.319 e. The second-order valence-electron chi connectivity index (χ2n) is 7.43. The molecule has 0 bridgehead atoms. The van der Waals surface area contributed by atoms with Crippen molar-refractivity contribution in [3.05, 3.63) is 0 Å². The van der Waals surface area contributed by atoms with Crippen LogP contribution in [0.5, 0.6) is 0 Å². The molecule has 1 aliphatic carbocycles. The predicted molar refractivity (Wildman–Crippen MR) is 81.8 cm³/mol. The second kappa shape index (κ2) is 6.93. The van der Waals surface area contributed by atoms with E-state index in [1.54, 1.807) is 0 Å². The number of nitrogens with one attached hydrogen (secondary N) is 1. The van der Waals surface area contributed by atoms with Crippen molar-refractivity contribution in [2.75, 3.05) is 13.6 Å². The monoisotopic (exact) mass is 253 g/mol. The van der Waals surface area contributed by atoms with Crippen LogP contribution in [0.4, 0.5) is 0 Å². The number of rotatable bonds is 5. The molecule has 0 radical (unpaired) electrons. The SMILES string of the molecule is CCC(CC)C1CC(C(C)(C)C)CCC1CNC. The molecule has 3 unspecified atom stereocenters. The molecule has 1 N–H and O–H groups in total. The molecule has 1 saturated carbocycles. The molecule has 0 heterocycles. The van der Waals surface area contributed by atoms with Crippen LogP contribution in [-0.2, 0) is 0 Å². The lowest BCUT2D eigenvalue weighted by Crippen LogP contribution is -2.39. The van der Waals surface area contributed by atoms with Gasteiger partial charge in [-0.2, -0.15) is 0 Å². The van der Waals surface area contributed by atoms with Crippen molar-refractivity contribution in [1.82, 2.24) is 5.32 Å². The Labute approximate surface area is 115 Å². The van der Waals surface area contributed by atoms with Gasteiger partial charge in [-0.1, -0.05) is 47.5 Å². The molecular weight excluding hydrogens is 218 g/mol. The number of hydrogen-bond donors (Lipinski definition) is 1. The first-order valence-electron chi connectivity index (χ1n) is 8.08. The average Bonchev–Trinajstić information content (AvgIpc) is 2.31. The molecule has 1 nitrogen and oxygen atoms in total. The molecule has 1 heteroatoms. The lowest BCUT2D eigenvalue weighted by Gasteiger charge is -2.44. The predicted octanol–water partition coefficient (Wildman–Crippen LogP) is 4.72. The van der Waals surface area contributed by atoms with E-state index < -0.39 is 0 Å². The van der Waals surface area contributed by atoms with Crippen LogP contribution in [0.3, 0.4) is 0 Å². The molecule has 0 aromatic rings. The van der Waals surface area contributed by atoms with E-state index in [0.717, 1.165) is 23.7 Å². The Morgan fingerprint density at radius 3 is 2.17 bits per heavy atom. The summed E-state index contributed by atoms with van der Waals surface area (Å²) in [5.41, 5.74) is 0.495. The van der Waals surface area contributed by atoms with E-state index in [-0.39, 0.29) is 0 Å². The zero-order valence-corrected chi connectivity index (χ0v) is 13.6. The van der Waals surface area contributed by atoms with Gasteiger partial charge in [-0.3, -0.25) is 0 Å².